The molecule has 3 aliphatic carbocycles. The molecule has 0 saturated heterocycles. The summed E-state index contributed by atoms with van der Waals surface area (Å²) in [6.45, 7) is 0.417. The third kappa shape index (κ3) is 3.34. The average Bonchev–Trinajstić information content (AvgIpc) is 2.95. The van der Waals surface area contributed by atoms with Crippen LogP contribution in [0, 0.1) is 17.8 Å². The second-order valence-electron chi connectivity index (χ2n) is 5.40. The van der Waals surface area contributed by atoms with Crippen LogP contribution in [0.5, 0.6) is 0 Å². The standard InChI is InChI=1S/C7H14O.C7H10/c8-6-7-4-2-1-3-5-7;1-2-7-4-3-6(1)5-7/h7-8H,1-6H2;1-2,6-7H,3-5H2. The number of fused-ring (bicyclic) bond motifs is 2. The maximum atomic E-state index is 8.69. The van der Waals surface area contributed by atoms with E-state index in [1.807, 2.05) is 0 Å². The van der Waals surface area contributed by atoms with Crippen LogP contribution in [0.15, 0.2) is 12.2 Å². The van der Waals surface area contributed by atoms with E-state index in [9.17, 15) is 0 Å². The van der Waals surface area contributed by atoms with Gasteiger partial charge in [-0.2, -0.15) is 0 Å². The first-order valence-electron chi connectivity index (χ1n) is 6.67. The minimum atomic E-state index is 0.417. The van der Waals surface area contributed by atoms with E-state index in [0.717, 1.165) is 11.8 Å². The third-order valence-electron chi connectivity index (χ3n) is 4.15. The van der Waals surface area contributed by atoms with E-state index < -0.39 is 0 Å². The van der Waals surface area contributed by atoms with Crippen LogP contribution in [0.3, 0.4) is 0 Å². The normalized spacial score (nSPS) is 33.9. The first-order valence-corrected chi connectivity index (χ1v) is 6.67. The van der Waals surface area contributed by atoms with Gasteiger partial charge in [0.05, 0.1) is 0 Å². The molecular formula is C14H24O. The Morgan fingerprint density at radius 3 is 1.73 bits per heavy atom. The van der Waals surface area contributed by atoms with Gasteiger partial charge < -0.3 is 5.11 Å². The van der Waals surface area contributed by atoms with Crippen molar-refractivity contribution in [3.8, 4) is 0 Å². The third-order valence-corrected chi connectivity index (χ3v) is 4.15. The highest BCUT2D eigenvalue weighted by molar-refractivity contribution is 5.06. The summed E-state index contributed by atoms with van der Waals surface area (Å²) < 4.78 is 0. The Bertz CT molecular complexity index is 191. The molecule has 0 amide bonds. The van der Waals surface area contributed by atoms with Gasteiger partial charge in [0.2, 0.25) is 0 Å². The minimum Gasteiger partial charge on any atom is -0.396 e. The monoisotopic (exact) mass is 208 g/mol. The van der Waals surface area contributed by atoms with Gasteiger partial charge in [-0.1, -0.05) is 31.4 Å². The van der Waals surface area contributed by atoms with Crippen molar-refractivity contribution in [2.45, 2.75) is 51.4 Å². The first kappa shape index (κ1) is 11.2. The van der Waals surface area contributed by atoms with E-state index in [2.05, 4.69) is 12.2 Å². The van der Waals surface area contributed by atoms with Gasteiger partial charge in [-0.3, -0.25) is 0 Å². The first-order chi connectivity index (χ1) is 7.38. The molecule has 0 aromatic rings. The molecule has 1 nitrogen and oxygen atoms in total. The zero-order valence-corrected chi connectivity index (χ0v) is 9.70. The van der Waals surface area contributed by atoms with Crippen LogP contribution in [-0.2, 0) is 0 Å². The maximum absolute atomic E-state index is 8.69. The Labute approximate surface area is 93.6 Å². The predicted octanol–water partition coefficient (Wildman–Crippen LogP) is 3.53. The lowest BCUT2D eigenvalue weighted by molar-refractivity contribution is 0.190. The van der Waals surface area contributed by atoms with Crippen LogP contribution < -0.4 is 0 Å². The summed E-state index contributed by atoms with van der Waals surface area (Å²) in [7, 11) is 0. The summed E-state index contributed by atoms with van der Waals surface area (Å²) in [5.41, 5.74) is 0. The Morgan fingerprint density at radius 1 is 0.867 bits per heavy atom. The number of aliphatic hydroxyl groups excluding tert-OH is 1. The summed E-state index contributed by atoms with van der Waals surface area (Å²) in [6, 6.07) is 0. The summed E-state index contributed by atoms with van der Waals surface area (Å²) in [5.74, 6) is 2.62. The topological polar surface area (TPSA) is 20.2 Å². The van der Waals surface area contributed by atoms with Gasteiger partial charge in [0.25, 0.3) is 0 Å². The van der Waals surface area contributed by atoms with E-state index in [4.69, 9.17) is 5.11 Å². The molecule has 86 valence electrons. The van der Waals surface area contributed by atoms with Gasteiger partial charge in [-0.25, -0.2) is 0 Å². The number of hydrogen-bond acceptors (Lipinski definition) is 1. The van der Waals surface area contributed by atoms with Crippen molar-refractivity contribution >= 4 is 0 Å². The van der Waals surface area contributed by atoms with E-state index in [1.54, 1.807) is 0 Å². The van der Waals surface area contributed by atoms with Crippen molar-refractivity contribution < 1.29 is 5.11 Å². The average molecular weight is 208 g/mol. The smallest absolute Gasteiger partial charge is 0.0459 e. The zero-order valence-electron chi connectivity index (χ0n) is 9.70. The predicted molar refractivity (Wildman–Crippen MR) is 63.6 cm³/mol. The Kier molecular flexibility index (Phi) is 4.25. The van der Waals surface area contributed by atoms with E-state index >= 15 is 0 Å². The summed E-state index contributed by atoms with van der Waals surface area (Å²) in [4.78, 5) is 0. The second-order valence-corrected chi connectivity index (χ2v) is 5.40. The Balaban J connectivity index is 0.000000114. The van der Waals surface area contributed by atoms with Gasteiger partial charge in [-0.05, 0) is 49.9 Å². The van der Waals surface area contributed by atoms with Gasteiger partial charge in [0, 0.05) is 6.61 Å². The van der Waals surface area contributed by atoms with Crippen molar-refractivity contribution in [1.29, 1.82) is 0 Å². The zero-order chi connectivity index (χ0) is 10.5. The van der Waals surface area contributed by atoms with Crippen LogP contribution in [0.4, 0.5) is 0 Å². The highest BCUT2D eigenvalue weighted by atomic mass is 16.3. The van der Waals surface area contributed by atoms with Crippen LogP contribution in [-0.4, -0.2) is 11.7 Å². The lowest BCUT2D eigenvalue weighted by Crippen LogP contribution is -2.09. The molecule has 0 aliphatic heterocycles. The molecule has 3 rings (SSSR count). The molecular weight excluding hydrogens is 184 g/mol. The lowest BCUT2D eigenvalue weighted by atomic mass is 9.90. The molecule has 2 bridgehead atoms. The molecule has 0 radical (unpaired) electrons. The number of aliphatic hydroxyl groups is 1. The van der Waals surface area contributed by atoms with Gasteiger partial charge in [0.15, 0.2) is 0 Å². The molecule has 2 unspecified atom stereocenters. The van der Waals surface area contributed by atoms with Gasteiger partial charge in [0.1, 0.15) is 0 Å². The molecule has 2 fully saturated rings. The summed E-state index contributed by atoms with van der Waals surface area (Å²) >= 11 is 0. The lowest BCUT2D eigenvalue weighted by Gasteiger charge is -2.18. The number of hydrogen-bond donors (Lipinski definition) is 1. The molecule has 0 spiro atoms. The van der Waals surface area contributed by atoms with Crippen molar-refractivity contribution in [2.24, 2.45) is 17.8 Å². The Hall–Kier alpha value is -0.300. The second kappa shape index (κ2) is 5.69. The SMILES string of the molecule is C1=CC2CCC1C2.OCC1CCCCC1. The molecule has 0 aromatic heterocycles. The van der Waals surface area contributed by atoms with Gasteiger partial charge >= 0.3 is 0 Å². The van der Waals surface area contributed by atoms with E-state index in [1.165, 1.54) is 51.4 Å². The minimum absolute atomic E-state index is 0.417. The van der Waals surface area contributed by atoms with E-state index in [0.29, 0.717) is 12.5 Å². The highest BCUT2D eigenvalue weighted by Crippen LogP contribution is 2.38. The van der Waals surface area contributed by atoms with Crippen molar-refractivity contribution in [3.63, 3.8) is 0 Å². The van der Waals surface area contributed by atoms with E-state index in [-0.39, 0.29) is 0 Å². The molecule has 15 heavy (non-hydrogen) atoms. The maximum Gasteiger partial charge on any atom is 0.0459 e. The molecule has 2 saturated carbocycles. The molecule has 1 N–H and O–H groups in total. The van der Waals surface area contributed by atoms with Crippen molar-refractivity contribution in [1.82, 2.24) is 0 Å². The van der Waals surface area contributed by atoms with Crippen molar-refractivity contribution in [2.75, 3.05) is 6.61 Å². The quantitative estimate of drug-likeness (QED) is 0.654. The fourth-order valence-electron chi connectivity index (χ4n) is 3.09. The highest BCUT2D eigenvalue weighted by Gasteiger charge is 2.25. The molecule has 0 heterocycles. The largest absolute Gasteiger partial charge is 0.396 e. The molecule has 0 aromatic carbocycles. The fraction of sp³-hybridized carbons (Fsp3) is 0.857. The number of allylic oxidation sites excluding steroid dienone is 2. The van der Waals surface area contributed by atoms with Crippen LogP contribution in [0.25, 0.3) is 0 Å². The fourth-order valence-corrected chi connectivity index (χ4v) is 3.09. The molecule has 1 heteroatoms. The summed E-state index contributed by atoms with van der Waals surface area (Å²) in [5, 5.41) is 8.69. The molecule has 3 aliphatic rings. The number of rotatable bonds is 1. The van der Waals surface area contributed by atoms with Gasteiger partial charge in [-0.15, -0.1) is 0 Å². The summed E-state index contributed by atoms with van der Waals surface area (Å²) in [6.07, 6.45) is 15.8. The Morgan fingerprint density at radius 2 is 1.47 bits per heavy atom. The van der Waals surface area contributed by atoms with Crippen LogP contribution in [0.2, 0.25) is 0 Å². The van der Waals surface area contributed by atoms with Crippen LogP contribution >= 0.6 is 0 Å². The van der Waals surface area contributed by atoms with Crippen molar-refractivity contribution in [3.05, 3.63) is 12.2 Å². The van der Waals surface area contributed by atoms with Crippen LogP contribution in [0.1, 0.15) is 51.4 Å². The molecule has 2 atom stereocenters.